The number of thiazole rings is 1. The molecule has 2 aromatic carbocycles. The van der Waals surface area contributed by atoms with Gasteiger partial charge in [0.15, 0.2) is 11.0 Å². The Morgan fingerprint density at radius 3 is 2.54 bits per heavy atom. The number of methoxy groups -OCH3 is 1. The van der Waals surface area contributed by atoms with Gasteiger partial charge in [-0.1, -0.05) is 30.0 Å². The summed E-state index contributed by atoms with van der Waals surface area (Å²) in [7, 11) is 1.67. The summed E-state index contributed by atoms with van der Waals surface area (Å²) in [6.07, 6.45) is 3.54. The maximum absolute atomic E-state index is 13.2. The monoisotopic (exact) mass is 583 g/mol. The van der Waals surface area contributed by atoms with Crippen molar-refractivity contribution in [3.8, 4) is 22.8 Å². The zero-order chi connectivity index (χ0) is 28.2. The third kappa shape index (κ3) is 5.82. The van der Waals surface area contributed by atoms with Gasteiger partial charge in [0, 0.05) is 55.2 Å². The second kappa shape index (κ2) is 12.1. The van der Waals surface area contributed by atoms with Crippen molar-refractivity contribution in [1.82, 2.24) is 29.6 Å². The number of pyridine rings is 1. The normalized spacial score (nSPS) is 13.4. The first kappa shape index (κ1) is 27.0. The van der Waals surface area contributed by atoms with Crippen LogP contribution in [0.2, 0.25) is 0 Å². The van der Waals surface area contributed by atoms with E-state index in [1.165, 1.54) is 11.3 Å². The van der Waals surface area contributed by atoms with Crippen molar-refractivity contribution in [2.75, 3.05) is 38.2 Å². The van der Waals surface area contributed by atoms with Gasteiger partial charge in [-0.3, -0.25) is 14.3 Å². The number of nitrogens with zero attached hydrogens (tertiary/aromatic N) is 7. The molecule has 4 heterocycles. The van der Waals surface area contributed by atoms with Gasteiger partial charge in [-0.15, -0.1) is 21.5 Å². The Kier molecular flexibility index (Phi) is 7.97. The van der Waals surface area contributed by atoms with Gasteiger partial charge in [-0.05, 0) is 55.0 Å². The van der Waals surface area contributed by atoms with Gasteiger partial charge in [-0.2, -0.15) is 0 Å². The highest BCUT2D eigenvalue weighted by atomic mass is 32.2. The lowest BCUT2D eigenvalue weighted by molar-refractivity contribution is 0.0741. The quantitative estimate of drug-likeness (QED) is 0.226. The Morgan fingerprint density at radius 2 is 1.80 bits per heavy atom. The number of thioether (sulfide) groups is 1. The minimum Gasteiger partial charge on any atom is -0.497 e. The van der Waals surface area contributed by atoms with Crippen LogP contribution in [0.5, 0.6) is 5.75 Å². The number of benzene rings is 2. The highest BCUT2D eigenvalue weighted by Crippen LogP contribution is 2.31. The van der Waals surface area contributed by atoms with Gasteiger partial charge in [0.05, 0.1) is 18.6 Å². The maximum atomic E-state index is 13.2. The minimum atomic E-state index is -0.0196. The Bertz CT molecular complexity index is 1630. The molecule has 0 saturated carbocycles. The molecule has 9 nitrogen and oxygen atoms in total. The van der Waals surface area contributed by atoms with Gasteiger partial charge in [0.1, 0.15) is 16.5 Å². The lowest BCUT2D eigenvalue weighted by Crippen LogP contribution is -2.48. The number of hydrogen-bond acceptors (Lipinski definition) is 9. The van der Waals surface area contributed by atoms with Crippen molar-refractivity contribution >= 4 is 34.7 Å². The molecule has 0 atom stereocenters. The third-order valence-electron chi connectivity index (χ3n) is 7.01. The molecule has 3 aromatic heterocycles. The summed E-state index contributed by atoms with van der Waals surface area (Å²) in [5.74, 6) is 2.14. The van der Waals surface area contributed by atoms with Crippen LogP contribution in [0, 0.1) is 6.92 Å². The number of rotatable bonds is 8. The number of ether oxygens (including phenoxy) is 1. The highest BCUT2D eigenvalue weighted by molar-refractivity contribution is 7.98. The van der Waals surface area contributed by atoms with Crippen LogP contribution in [-0.4, -0.2) is 68.8 Å². The van der Waals surface area contributed by atoms with E-state index in [0.717, 1.165) is 57.3 Å². The van der Waals surface area contributed by atoms with E-state index in [1.807, 2.05) is 46.7 Å². The first-order valence-electron chi connectivity index (χ1n) is 13.3. The van der Waals surface area contributed by atoms with Crippen molar-refractivity contribution in [1.29, 1.82) is 0 Å². The number of aryl methyl sites for hydroxylation is 1. The summed E-state index contributed by atoms with van der Waals surface area (Å²) in [6.45, 7) is 4.94. The fourth-order valence-corrected chi connectivity index (χ4v) is 6.53. The molecule has 0 unspecified atom stereocenters. The molecule has 6 rings (SSSR count). The van der Waals surface area contributed by atoms with Crippen LogP contribution < -0.4 is 9.64 Å². The van der Waals surface area contributed by atoms with E-state index in [0.29, 0.717) is 24.5 Å². The molecule has 0 bridgehead atoms. The molecule has 11 heteroatoms. The molecule has 5 aromatic rings. The molecule has 0 N–H and O–H groups in total. The summed E-state index contributed by atoms with van der Waals surface area (Å²) in [6, 6.07) is 20.1. The van der Waals surface area contributed by atoms with Gasteiger partial charge in [0.2, 0.25) is 0 Å². The molecule has 0 radical (unpaired) electrons. The zero-order valence-corrected chi connectivity index (χ0v) is 24.4. The Hall–Kier alpha value is -4.22. The number of hydrogen-bond donors (Lipinski definition) is 0. The van der Waals surface area contributed by atoms with Crippen LogP contribution in [-0.2, 0) is 5.75 Å². The van der Waals surface area contributed by atoms with E-state index in [-0.39, 0.29) is 5.91 Å². The predicted octanol–water partition coefficient (Wildman–Crippen LogP) is 5.36. The topological polar surface area (TPSA) is 89.3 Å². The van der Waals surface area contributed by atoms with Gasteiger partial charge in [-0.25, -0.2) is 4.98 Å². The number of amides is 1. The lowest BCUT2D eigenvalue weighted by atomic mass is 10.2. The van der Waals surface area contributed by atoms with Crippen molar-refractivity contribution in [3.63, 3.8) is 0 Å². The second-order valence-corrected chi connectivity index (χ2v) is 11.4. The van der Waals surface area contributed by atoms with Gasteiger partial charge < -0.3 is 14.5 Å². The van der Waals surface area contributed by atoms with Gasteiger partial charge in [0.25, 0.3) is 5.91 Å². The van der Waals surface area contributed by atoms with E-state index in [4.69, 9.17) is 9.72 Å². The predicted molar refractivity (Wildman–Crippen MR) is 162 cm³/mol. The van der Waals surface area contributed by atoms with Crippen LogP contribution >= 0.6 is 23.1 Å². The molecule has 0 aliphatic carbocycles. The molecule has 208 valence electrons. The summed E-state index contributed by atoms with van der Waals surface area (Å²) < 4.78 is 7.33. The third-order valence-corrected chi connectivity index (χ3v) is 8.98. The summed E-state index contributed by atoms with van der Waals surface area (Å²) in [5.41, 5.74) is 4.66. The van der Waals surface area contributed by atoms with E-state index in [2.05, 4.69) is 55.8 Å². The number of piperazine rings is 1. The Labute approximate surface area is 246 Å². The molecular formula is C30H29N7O2S2. The molecule has 1 saturated heterocycles. The standard InChI is InChI=1S/C30H29N7O2S2/c1-21-6-3-4-8-26(21)37-28(22-7-5-13-31-18-22)33-34-30(37)41-20-27-32-25(19-40-27)29(38)36-16-14-35(15-17-36)23-9-11-24(39-2)12-10-23/h3-13,18-19H,14-17,20H2,1-2H3. The smallest absolute Gasteiger partial charge is 0.273 e. The summed E-state index contributed by atoms with van der Waals surface area (Å²) in [5, 5.41) is 12.5. The highest BCUT2D eigenvalue weighted by Gasteiger charge is 2.25. The largest absolute Gasteiger partial charge is 0.497 e. The average molecular weight is 584 g/mol. The fraction of sp³-hybridized carbons (Fsp3) is 0.233. The van der Waals surface area contributed by atoms with Gasteiger partial charge >= 0.3 is 0 Å². The van der Waals surface area contributed by atoms with Crippen LogP contribution in [0.25, 0.3) is 17.1 Å². The Balaban J connectivity index is 1.13. The van der Waals surface area contributed by atoms with Crippen LogP contribution in [0.4, 0.5) is 5.69 Å². The number of anilines is 1. The lowest BCUT2D eigenvalue weighted by Gasteiger charge is -2.35. The number of carbonyl (C=O) groups excluding carboxylic acids is 1. The van der Waals surface area contributed by atoms with Crippen molar-refractivity contribution in [2.45, 2.75) is 17.8 Å². The van der Waals surface area contributed by atoms with E-state index in [1.54, 1.807) is 31.3 Å². The van der Waals surface area contributed by atoms with E-state index >= 15 is 0 Å². The second-order valence-electron chi connectivity index (χ2n) is 9.56. The van der Waals surface area contributed by atoms with E-state index < -0.39 is 0 Å². The first-order chi connectivity index (χ1) is 20.1. The number of carbonyl (C=O) groups is 1. The van der Waals surface area contributed by atoms with Crippen LogP contribution in [0.15, 0.2) is 83.6 Å². The number of aromatic nitrogens is 5. The summed E-state index contributed by atoms with van der Waals surface area (Å²) in [4.78, 5) is 26.4. The van der Waals surface area contributed by atoms with Crippen LogP contribution in [0.1, 0.15) is 21.1 Å². The summed E-state index contributed by atoms with van der Waals surface area (Å²) >= 11 is 3.06. The molecule has 0 spiro atoms. The SMILES string of the molecule is COc1ccc(N2CCN(C(=O)c3csc(CSc4nnc(-c5cccnc5)n4-c4ccccc4C)n3)CC2)cc1. The van der Waals surface area contributed by atoms with E-state index in [9.17, 15) is 4.79 Å². The van der Waals surface area contributed by atoms with Crippen molar-refractivity contribution in [3.05, 3.63) is 94.7 Å². The average Bonchev–Trinajstić information content (AvgIpc) is 3.68. The van der Waals surface area contributed by atoms with Crippen molar-refractivity contribution < 1.29 is 9.53 Å². The number of para-hydroxylation sites is 1. The molecule has 1 amide bonds. The molecule has 1 aliphatic heterocycles. The molecular weight excluding hydrogens is 555 g/mol. The molecule has 1 fully saturated rings. The van der Waals surface area contributed by atoms with Crippen molar-refractivity contribution in [2.24, 2.45) is 0 Å². The minimum absolute atomic E-state index is 0.0196. The first-order valence-corrected chi connectivity index (χ1v) is 15.1. The maximum Gasteiger partial charge on any atom is 0.273 e. The Morgan fingerprint density at radius 1 is 1.00 bits per heavy atom. The fourth-order valence-electron chi connectivity index (χ4n) is 4.80. The molecule has 41 heavy (non-hydrogen) atoms. The van der Waals surface area contributed by atoms with Crippen LogP contribution in [0.3, 0.4) is 0 Å². The molecule has 1 aliphatic rings. The zero-order valence-electron chi connectivity index (χ0n) is 22.8.